The summed E-state index contributed by atoms with van der Waals surface area (Å²) in [6.45, 7) is 5.34. The molecule has 3 rings (SSSR count). The van der Waals surface area contributed by atoms with Crippen LogP contribution in [0.1, 0.15) is 0 Å². The van der Waals surface area contributed by atoms with E-state index in [9.17, 15) is 4.79 Å². The van der Waals surface area contributed by atoms with Crippen molar-refractivity contribution in [2.45, 2.75) is 11.7 Å². The molecule has 8 heteroatoms. The second-order valence-electron chi connectivity index (χ2n) is 4.75. The Morgan fingerprint density at radius 1 is 1.39 bits per heavy atom. The summed E-state index contributed by atoms with van der Waals surface area (Å²) in [7, 11) is 0. The first-order chi connectivity index (χ1) is 11.3. The Morgan fingerprint density at radius 3 is 3.04 bits per heavy atom. The molecular weight excluding hydrogens is 316 g/mol. The van der Waals surface area contributed by atoms with Crippen LogP contribution in [0.3, 0.4) is 0 Å². The van der Waals surface area contributed by atoms with Crippen LogP contribution in [0, 0.1) is 0 Å². The van der Waals surface area contributed by atoms with E-state index in [-0.39, 0.29) is 11.7 Å². The van der Waals surface area contributed by atoms with Crippen LogP contribution in [0.2, 0.25) is 0 Å². The summed E-state index contributed by atoms with van der Waals surface area (Å²) in [6, 6.07) is 5.34. The Hall–Kier alpha value is -2.48. The molecule has 1 aromatic carbocycles. The third-order valence-electron chi connectivity index (χ3n) is 3.06. The van der Waals surface area contributed by atoms with E-state index in [0.717, 1.165) is 0 Å². The van der Waals surface area contributed by atoms with Crippen LogP contribution in [0.15, 0.2) is 42.3 Å². The minimum Gasteiger partial charge on any atom is -0.486 e. The van der Waals surface area contributed by atoms with Gasteiger partial charge >= 0.3 is 0 Å². The van der Waals surface area contributed by atoms with Crippen LogP contribution in [0.25, 0.3) is 0 Å². The Labute approximate surface area is 137 Å². The van der Waals surface area contributed by atoms with Crippen molar-refractivity contribution in [2.24, 2.45) is 0 Å². The molecule has 0 saturated heterocycles. The molecular formula is C15H16N4O3S. The highest BCUT2D eigenvalue weighted by molar-refractivity contribution is 7.99. The van der Waals surface area contributed by atoms with Gasteiger partial charge in [-0.3, -0.25) is 4.79 Å². The molecule has 0 radical (unpaired) electrons. The lowest BCUT2D eigenvalue weighted by Gasteiger charge is -2.18. The summed E-state index contributed by atoms with van der Waals surface area (Å²) in [6.07, 6.45) is 3.37. The minimum absolute atomic E-state index is 0.125. The molecule has 2 heterocycles. The van der Waals surface area contributed by atoms with Crippen LogP contribution in [0.5, 0.6) is 11.5 Å². The molecule has 0 spiro atoms. The maximum atomic E-state index is 12.1. The third-order valence-corrected chi connectivity index (χ3v) is 4.04. The van der Waals surface area contributed by atoms with Gasteiger partial charge in [0, 0.05) is 18.3 Å². The molecule has 1 aliphatic rings. The lowest BCUT2D eigenvalue weighted by atomic mass is 10.2. The SMILES string of the molecule is C=CCn1cnnc1SCC(=O)Nc1ccc2c(c1)OCCO2. The Kier molecular flexibility index (Phi) is 4.82. The van der Waals surface area contributed by atoms with Gasteiger partial charge in [-0.15, -0.1) is 16.8 Å². The number of ether oxygens (including phenoxy) is 2. The summed E-state index contributed by atoms with van der Waals surface area (Å²) in [5.74, 6) is 1.46. The largest absolute Gasteiger partial charge is 0.486 e. The molecule has 120 valence electrons. The number of aromatic nitrogens is 3. The normalized spacial score (nSPS) is 12.7. The van der Waals surface area contributed by atoms with Crippen LogP contribution in [-0.4, -0.2) is 39.6 Å². The quantitative estimate of drug-likeness (QED) is 0.644. The molecule has 0 fully saturated rings. The van der Waals surface area contributed by atoms with E-state index < -0.39 is 0 Å². The van der Waals surface area contributed by atoms with E-state index in [1.165, 1.54) is 11.8 Å². The summed E-state index contributed by atoms with van der Waals surface area (Å²) in [5.41, 5.74) is 0.674. The number of nitrogens with zero attached hydrogens (tertiary/aromatic N) is 3. The van der Waals surface area contributed by atoms with Crippen molar-refractivity contribution in [3.63, 3.8) is 0 Å². The predicted molar refractivity (Wildman–Crippen MR) is 87.0 cm³/mol. The summed E-state index contributed by atoms with van der Waals surface area (Å²) in [5, 5.41) is 11.3. The van der Waals surface area contributed by atoms with Crippen molar-refractivity contribution in [1.29, 1.82) is 0 Å². The molecule has 0 saturated carbocycles. The number of allylic oxidation sites excluding steroid dienone is 1. The molecule has 0 unspecified atom stereocenters. The van der Waals surface area contributed by atoms with Gasteiger partial charge in [0.2, 0.25) is 5.91 Å². The number of carbonyl (C=O) groups excluding carboxylic acids is 1. The molecule has 1 amide bonds. The van der Waals surface area contributed by atoms with Crippen LogP contribution < -0.4 is 14.8 Å². The van der Waals surface area contributed by atoms with E-state index in [4.69, 9.17) is 9.47 Å². The second-order valence-corrected chi connectivity index (χ2v) is 5.69. The van der Waals surface area contributed by atoms with E-state index in [0.29, 0.717) is 42.1 Å². The molecule has 2 aromatic rings. The number of rotatable bonds is 6. The number of amides is 1. The van der Waals surface area contributed by atoms with Crippen molar-refractivity contribution in [3.05, 3.63) is 37.2 Å². The smallest absolute Gasteiger partial charge is 0.234 e. The lowest BCUT2D eigenvalue weighted by molar-refractivity contribution is -0.113. The third kappa shape index (κ3) is 3.84. The zero-order valence-corrected chi connectivity index (χ0v) is 13.2. The molecule has 23 heavy (non-hydrogen) atoms. The van der Waals surface area contributed by atoms with Gasteiger partial charge in [0.1, 0.15) is 19.5 Å². The van der Waals surface area contributed by atoms with Crippen molar-refractivity contribution in [3.8, 4) is 11.5 Å². The highest BCUT2D eigenvalue weighted by Gasteiger charge is 2.13. The topological polar surface area (TPSA) is 78.3 Å². The number of anilines is 1. The summed E-state index contributed by atoms with van der Waals surface area (Å²) in [4.78, 5) is 12.1. The Bertz CT molecular complexity index is 716. The van der Waals surface area contributed by atoms with Gasteiger partial charge < -0.3 is 19.4 Å². The maximum absolute atomic E-state index is 12.1. The van der Waals surface area contributed by atoms with Gasteiger partial charge in [-0.05, 0) is 12.1 Å². The Balaban J connectivity index is 1.57. The first-order valence-corrected chi connectivity index (χ1v) is 8.06. The maximum Gasteiger partial charge on any atom is 0.234 e. The fraction of sp³-hybridized carbons (Fsp3) is 0.267. The van der Waals surface area contributed by atoms with Crippen molar-refractivity contribution in [2.75, 3.05) is 24.3 Å². The second kappa shape index (κ2) is 7.19. The standard InChI is InChI=1S/C15H16N4O3S/c1-2-5-19-10-16-18-15(19)23-9-14(20)17-11-3-4-12-13(8-11)22-7-6-21-12/h2-4,8,10H,1,5-7,9H2,(H,17,20). The van der Waals surface area contributed by atoms with Crippen LogP contribution in [0.4, 0.5) is 5.69 Å². The number of carbonyl (C=O) groups is 1. The van der Waals surface area contributed by atoms with Gasteiger partial charge in [-0.25, -0.2) is 0 Å². The molecule has 0 atom stereocenters. The zero-order chi connectivity index (χ0) is 16.1. The van der Waals surface area contributed by atoms with E-state index in [1.807, 2.05) is 4.57 Å². The minimum atomic E-state index is -0.125. The highest BCUT2D eigenvalue weighted by Crippen LogP contribution is 2.32. The molecule has 1 aliphatic heterocycles. The van der Waals surface area contributed by atoms with Crippen molar-refractivity contribution in [1.82, 2.24) is 14.8 Å². The average Bonchev–Trinajstić information content (AvgIpc) is 3.00. The molecule has 1 aromatic heterocycles. The molecule has 0 bridgehead atoms. The molecule has 1 N–H and O–H groups in total. The zero-order valence-electron chi connectivity index (χ0n) is 12.4. The van der Waals surface area contributed by atoms with E-state index in [1.54, 1.807) is 30.6 Å². The number of thioether (sulfide) groups is 1. The number of hydrogen-bond donors (Lipinski definition) is 1. The fourth-order valence-corrected chi connectivity index (χ4v) is 2.79. The molecule has 7 nitrogen and oxygen atoms in total. The van der Waals surface area contributed by atoms with E-state index in [2.05, 4.69) is 22.1 Å². The van der Waals surface area contributed by atoms with Gasteiger partial charge in [0.25, 0.3) is 0 Å². The first kappa shape index (κ1) is 15.4. The monoisotopic (exact) mass is 332 g/mol. The van der Waals surface area contributed by atoms with Gasteiger partial charge in [0.15, 0.2) is 16.7 Å². The predicted octanol–water partition coefficient (Wildman–Crippen LogP) is 1.97. The highest BCUT2D eigenvalue weighted by atomic mass is 32.2. The number of fused-ring (bicyclic) bond motifs is 1. The fourth-order valence-electron chi connectivity index (χ4n) is 2.07. The van der Waals surface area contributed by atoms with Crippen molar-refractivity contribution < 1.29 is 14.3 Å². The number of benzene rings is 1. The summed E-state index contributed by atoms with van der Waals surface area (Å²) < 4.78 is 12.8. The Morgan fingerprint density at radius 2 is 2.22 bits per heavy atom. The first-order valence-electron chi connectivity index (χ1n) is 7.07. The van der Waals surface area contributed by atoms with E-state index >= 15 is 0 Å². The van der Waals surface area contributed by atoms with Crippen molar-refractivity contribution >= 4 is 23.4 Å². The van der Waals surface area contributed by atoms with Gasteiger partial charge in [-0.1, -0.05) is 17.8 Å². The lowest BCUT2D eigenvalue weighted by Crippen LogP contribution is -2.17. The van der Waals surface area contributed by atoms with Gasteiger partial charge in [-0.2, -0.15) is 0 Å². The number of hydrogen-bond acceptors (Lipinski definition) is 6. The number of nitrogens with one attached hydrogen (secondary N) is 1. The van der Waals surface area contributed by atoms with Gasteiger partial charge in [0.05, 0.1) is 5.75 Å². The molecule has 0 aliphatic carbocycles. The average molecular weight is 332 g/mol. The van der Waals surface area contributed by atoms with Crippen LogP contribution in [-0.2, 0) is 11.3 Å². The summed E-state index contributed by atoms with van der Waals surface area (Å²) >= 11 is 1.32. The van der Waals surface area contributed by atoms with Crippen LogP contribution >= 0.6 is 11.8 Å².